The molecule has 1 nitrogen and oxygen atoms in total. The third-order valence-corrected chi connectivity index (χ3v) is 1.92. The van der Waals surface area contributed by atoms with E-state index in [9.17, 15) is 13.2 Å². The molecule has 14 heavy (non-hydrogen) atoms. The fraction of sp³-hybridized carbons (Fsp3) is 0.333. The van der Waals surface area contributed by atoms with Gasteiger partial charge >= 0.3 is 0 Å². The zero-order valence-corrected chi connectivity index (χ0v) is 7.60. The molecule has 1 aromatic rings. The van der Waals surface area contributed by atoms with Crippen LogP contribution in [-0.4, -0.2) is 19.0 Å². The first-order chi connectivity index (χ1) is 6.51. The summed E-state index contributed by atoms with van der Waals surface area (Å²) < 4.78 is 38.9. The first-order valence-corrected chi connectivity index (χ1v) is 4.09. The van der Waals surface area contributed by atoms with Gasteiger partial charge in [-0.15, -0.1) is 0 Å². The molecule has 0 aromatic heterocycles. The van der Waals surface area contributed by atoms with Gasteiger partial charge in [0.2, 0.25) is 0 Å². The Morgan fingerprint density at radius 3 is 2.57 bits per heavy atom. The van der Waals surface area contributed by atoms with Crippen molar-refractivity contribution in [3.8, 4) is 0 Å². The number of halogens is 3. The van der Waals surface area contributed by atoms with Crippen molar-refractivity contribution in [2.45, 2.75) is 12.7 Å². The van der Waals surface area contributed by atoms with Gasteiger partial charge in [-0.05, 0) is 6.07 Å². The van der Waals surface area contributed by atoms with Gasteiger partial charge in [0, 0.05) is 0 Å². The summed E-state index contributed by atoms with van der Waals surface area (Å²) in [5, 5.41) is 8.41. The molecule has 0 aliphatic carbocycles. The van der Waals surface area contributed by atoms with Gasteiger partial charge in [0.25, 0.3) is 5.92 Å². The van der Waals surface area contributed by atoms with Crippen LogP contribution in [0.15, 0.2) is 18.2 Å². The zero-order chi connectivity index (χ0) is 10.8. The lowest BCUT2D eigenvalue weighted by atomic mass is 9.72. The van der Waals surface area contributed by atoms with Crippen molar-refractivity contribution >= 4 is 12.7 Å². The van der Waals surface area contributed by atoms with Crippen LogP contribution in [0.4, 0.5) is 13.2 Å². The molecule has 0 atom stereocenters. The summed E-state index contributed by atoms with van der Waals surface area (Å²) in [6, 6.07) is 3.39. The van der Waals surface area contributed by atoms with Crippen LogP contribution in [0.5, 0.6) is 0 Å². The third-order valence-electron chi connectivity index (χ3n) is 1.92. The molecule has 0 saturated carbocycles. The van der Waals surface area contributed by atoms with Crippen molar-refractivity contribution in [1.82, 2.24) is 0 Å². The van der Waals surface area contributed by atoms with Crippen LogP contribution in [-0.2, 0) is 5.92 Å². The highest BCUT2D eigenvalue weighted by Crippen LogP contribution is 2.28. The van der Waals surface area contributed by atoms with Gasteiger partial charge in [0.15, 0.2) is 0 Å². The monoisotopic (exact) mass is 201 g/mol. The summed E-state index contributed by atoms with van der Waals surface area (Å²) >= 11 is 0. The van der Waals surface area contributed by atoms with E-state index < -0.39 is 23.9 Å². The van der Waals surface area contributed by atoms with Crippen LogP contribution in [0.1, 0.15) is 5.56 Å². The molecule has 0 aliphatic rings. The van der Waals surface area contributed by atoms with Gasteiger partial charge in [-0.2, -0.15) is 8.78 Å². The van der Waals surface area contributed by atoms with Crippen molar-refractivity contribution in [1.29, 1.82) is 0 Å². The Bertz CT molecular complexity index is 328. The van der Waals surface area contributed by atoms with Crippen LogP contribution in [0, 0.1) is 5.82 Å². The van der Waals surface area contributed by atoms with Crippen LogP contribution < -0.4 is 5.46 Å². The predicted octanol–water partition coefficient (Wildman–Crippen LogP) is 1.29. The maximum Gasteiger partial charge on any atom is 0.298 e. The zero-order valence-electron chi connectivity index (χ0n) is 7.60. The predicted molar refractivity (Wildman–Crippen MR) is 48.6 cm³/mol. The third kappa shape index (κ3) is 2.09. The van der Waals surface area contributed by atoms with Crippen molar-refractivity contribution in [2.75, 3.05) is 6.61 Å². The minimum atomic E-state index is -3.52. The first kappa shape index (κ1) is 11.1. The summed E-state index contributed by atoms with van der Waals surface area (Å²) in [6.07, 6.45) is 0. The fourth-order valence-electron chi connectivity index (χ4n) is 1.09. The molecule has 0 bridgehead atoms. The summed E-state index contributed by atoms with van der Waals surface area (Å²) in [6.45, 7) is 0.269. The quantitative estimate of drug-likeness (QED) is 0.730. The number of hydrogen-bond acceptors (Lipinski definition) is 1. The highest BCUT2D eigenvalue weighted by atomic mass is 19.3. The molecule has 5 heteroatoms. The number of benzene rings is 1. The Hall–Kier alpha value is -0.965. The Kier molecular flexibility index (Phi) is 3.21. The molecule has 75 valence electrons. The topological polar surface area (TPSA) is 20.2 Å². The number of aliphatic hydroxyl groups excluding tert-OH is 1. The van der Waals surface area contributed by atoms with Crippen molar-refractivity contribution in [2.24, 2.45) is 0 Å². The summed E-state index contributed by atoms with van der Waals surface area (Å²) in [5.41, 5.74) is -0.273. The summed E-state index contributed by atoms with van der Waals surface area (Å²) in [5.74, 6) is -4.53. The second kappa shape index (κ2) is 4.04. The Morgan fingerprint density at radius 1 is 1.43 bits per heavy atom. The minimum absolute atomic E-state index is 0.495. The molecule has 1 N–H and O–H groups in total. The summed E-state index contributed by atoms with van der Waals surface area (Å²) in [7, 11) is 1.58. The number of alkyl halides is 2. The molecule has 0 spiro atoms. The largest absolute Gasteiger partial charge is 0.390 e. The van der Waals surface area contributed by atoms with Crippen LogP contribution in [0.25, 0.3) is 0 Å². The number of aliphatic hydroxyl groups is 1. The van der Waals surface area contributed by atoms with Crippen molar-refractivity contribution in [3.63, 3.8) is 0 Å². The maximum atomic E-state index is 13.0. The lowest BCUT2D eigenvalue weighted by Gasteiger charge is -2.15. The minimum Gasteiger partial charge on any atom is -0.390 e. The van der Waals surface area contributed by atoms with E-state index in [1.54, 1.807) is 14.1 Å². The standard InChI is InChI=1S/C9H9BF3O/c1-10-6-2-3-8(11)7(4-6)9(12,13)5-14/h2-4,14H,5H2,1H3. The Morgan fingerprint density at radius 2 is 2.07 bits per heavy atom. The molecule has 0 saturated heterocycles. The normalized spacial score (nSPS) is 11.5. The molecule has 0 aliphatic heterocycles. The lowest BCUT2D eigenvalue weighted by molar-refractivity contribution is -0.0582. The van der Waals surface area contributed by atoms with E-state index in [4.69, 9.17) is 5.11 Å². The Balaban J connectivity index is 3.18. The van der Waals surface area contributed by atoms with Gasteiger partial charge in [-0.3, -0.25) is 0 Å². The van der Waals surface area contributed by atoms with Gasteiger partial charge in [-0.25, -0.2) is 4.39 Å². The average Bonchev–Trinajstić information content (AvgIpc) is 2.18. The van der Waals surface area contributed by atoms with Gasteiger partial charge in [0.1, 0.15) is 19.7 Å². The lowest BCUT2D eigenvalue weighted by Crippen LogP contribution is -2.23. The molecular formula is C9H9BF3O. The van der Waals surface area contributed by atoms with E-state index >= 15 is 0 Å². The van der Waals surface area contributed by atoms with E-state index in [1.807, 2.05) is 0 Å². The van der Waals surface area contributed by atoms with E-state index in [2.05, 4.69) is 0 Å². The van der Waals surface area contributed by atoms with Gasteiger partial charge in [0.05, 0.1) is 5.56 Å². The van der Waals surface area contributed by atoms with Crippen LogP contribution in [0.3, 0.4) is 0 Å². The van der Waals surface area contributed by atoms with E-state index in [-0.39, 0.29) is 0 Å². The van der Waals surface area contributed by atoms with E-state index in [1.165, 1.54) is 6.07 Å². The average molecular weight is 201 g/mol. The molecule has 0 fully saturated rings. The molecular weight excluding hydrogens is 192 g/mol. The smallest absolute Gasteiger partial charge is 0.298 e. The van der Waals surface area contributed by atoms with Gasteiger partial charge < -0.3 is 5.11 Å². The molecule has 0 amide bonds. The molecule has 1 rings (SSSR count). The van der Waals surface area contributed by atoms with E-state index in [0.29, 0.717) is 5.46 Å². The summed E-state index contributed by atoms with van der Waals surface area (Å²) in [4.78, 5) is 0. The van der Waals surface area contributed by atoms with Crippen LogP contribution in [0.2, 0.25) is 6.82 Å². The fourth-order valence-corrected chi connectivity index (χ4v) is 1.09. The SMILES string of the molecule is C[B]c1ccc(F)c(C(F)(F)CO)c1. The highest BCUT2D eigenvalue weighted by Gasteiger charge is 2.33. The second-order valence-electron chi connectivity index (χ2n) is 2.89. The Labute approximate surface area is 80.8 Å². The second-order valence-corrected chi connectivity index (χ2v) is 2.89. The molecule has 0 heterocycles. The van der Waals surface area contributed by atoms with Gasteiger partial charge in [-0.1, -0.05) is 24.4 Å². The first-order valence-electron chi connectivity index (χ1n) is 4.09. The highest BCUT2D eigenvalue weighted by molar-refractivity contribution is 6.51. The van der Waals surface area contributed by atoms with Crippen molar-refractivity contribution < 1.29 is 18.3 Å². The maximum absolute atomic E-state index is 13.0. The molecule has 1 radical (unpaired) electrons. The molecule has 0 unspecified atom stereocenters. The van der Waals surface area contributed by atoms with E-state index in [0.717, 1.165) is 12.1 Å². The number of rotatable bonds is 3. The van der Waals surface area contributed by atoms with Crippen molar-refractivity contribution in [3.05, 3.63) is 29.6 Å². The van der Waals surface area contributed by atoms with Crippen LogP contribution >= 0.6 is 0 Å². The number of hydrogen-bond donors (Lipinski definition) is 1. The molecule has 1 aromatic carbocycles.